The van der Waals surface area contributed by atoms with Crippen molar-refractivity contribution in [1.29, 1.82) is 0 Å². The first-order valence-electron chi connectivity index (χ1n) is 34.9. The van der Waals surface area contributed by atoms with Crippen LogP contribution >= 0.6 is 15.6 Å². The molecule has 89 heavy (non-hydrogen) atoms. The lowest BCUT2D eigenvalue weighted by Crippen LogP contribution is -2.67. The van der Waals surface area contributed by atoms with Gasteiger partial charge < -0.3 is 68.5 Å². The lowest BCUT2D eigenvalue weighted by atomic mass is 9.95. The maximum atomic E-state index is 14.1. The van der Waals surface area contributed by atoms with Crippen molar-refractivity contribution in [3.8, 4) is 0 Å². The SMILES string of the molecule is CCCCCC/C=C\CCCCCCCCCC(=O)N[C@H]1[C@H](OC[C@H]2O[C@H](OP(=O)(O)O)[C@H](NC(=O)CC(=O)CCCCCCCCCCC)[C@@H](OCCCCCCCCCC)[C@@H]2O)O[C@H](COC)[C@@H](OP(=O)(O)O)[C@@H]1OCC[C@H](C=O)CCCCCCC. The Morgan fingerprint density at radius 1 is 0.483 bits per heavy atom. The van der Waals surface area contributed by atoms with E-state index in [-0.39, 0.29) is 44.9 Å². The van der Waals surface area contributed by atoms with E-state index in [2.05, 4.69) is 50.5 Å². The largest absolute Gasteiger partial charge is 0.472 e. The molecule has 2 fully saturated rings. The van der Waals surface area contributed by atoms with Crippen LogP contribution in [0.5, 0.6) is 0 Å². The number of methoxy groups -OCH3 is 1. The Morgan fingerprint density at radius 3 is 1.46 bits per heavy atom. The van der Waals surface area contributed by atoms with Crippen LogP contribution in [-0.4, -0.2) is 143 Å². The van der Waals surface area contributed by atoms with E-state index in [0.29, 0.717) is 25.7 Å². The number of Topliss-reactive ketones (excluding diaryl/α,β-unsaturated/α-hetero) is 1. The van der Waals surface area contributed by atoms with E-state index in [1.54, 1.807) is 0 Å². The number of aliphatic hydroxyl groups excluding tert-OH is 1. The number of aldehydes is 1. The number of amides is 2. The summed E-state index contributed by atoms with van der Waals surface area (Å²) in [6.07, 6.45) is 29.4. The van der Waals surface area contributed by atoms with Crippen LogP contribution in [0.15, 0.2) is 12.2 Å². The zero-order chi connectivity index (χ0) is 65.4. The summed E-state index contributed by atoms with van der Waals surface area (Å²) >= 11 is 0. The van der Waals surface area contributed by atoms with Crippen LogP contribution in [0.4, 0.5) is 0 Å². The lowest BCUT2D eigenvalue weighted by molar-refractivity contribution is -0.300. The van der Waals surface area contributed by atoms with E-state index >= 15 is 0 Å². The summed E-state index contributed by atoms with van der Waals surface area (Å²) in [6, 6.07) is -2.90. The van der Waals surface area contributed by atoms with Crippen LogP contribution in [0.2, 0.25) is 0 Å². The van der Waals surface area contributed by atoms with Crippen molar-refractivity contribution in [3.05, 3.63) is 12.2 Å². The third-order valence-electron chi connectivity index (χ3n) is 16.8. The Bertz CT molecular complexity index is 1930. The third kappa shape index (κ3) is 40.7. The molecule has 0 aromatic carbocycles. The van der Waals surface area contributed by atoms with Gasteiger partial charge in [0.1, 0.15) is 60.8 Å². The summed E-state index contributed by atoms with van der Waals surface area (Å²) in [5.74, 6) is -1.97. The Morgan fingerprint density at radius 2 is 0.933 bits per heavy atom. The monoisotopic (exact) mass is 1310 g/mol. The smallest absolute Gasteiger partial charge is 0.388 e. The number of carbonyl (C=O) groups is 4. The summed E-state index contributed by atoms with van der Waals surface area (Å²) < 4.78 is 73.2. The fourth-order valence-electron chi connectivity index (χ4n) is 11.7. The van der Waals surface area contributed by atoms with E-state index in [1.807, 2.05) is 0 Å². The van der Waals surface area contributed by atoms with Crippen molar-refractivity contribution >= 4 is 39.5 Å². The molecule has 7 N–H and O–H groups in total. The van der Waals surface area contributed by atoms with Crippen LogP contribution in [0.3, 0.4) is 0 Å². The fraction of sp³-hybridized carbons (Fsp3) is 0.909. The van der Waals surface area contributed by atoms with Gasteiger partial charge >= 0.3 is 15.6 Å². The normalized spacial score (nSPS) is 22.8. The minimum absolute atomic E-state index is 0.0658. The van der Waals surface area contributed by atoms with Gasteiger partial charge in [0.05, 0.1) is 19.6 Å². The minimum Gasteiger partial charge on any atom is -0.388 e. The molecule has 0 saturated carbocycles. The predicted octanol–water partition coefficient (Wildman–Crippen LogP) is 13.4. The van der Waals surface area contributed by atoms with Crippen molar-refractivity contribution in [1.82, 2.24) is 10.6 Å². The zero-order valence-corrected chi connectivity index (χ0v) is 57.3. The summed E-state index contributed by atoms with van der Waals surface area (Å²) in [6.45, 7) is 7.69. The molecular weight excluding hydrogens is 1190 g/mol. The topological polar surface area (TPSA) is 301 Å². The molecule has 0 spiro atoms. The molecule has 23 heteroatoms. The van der Waals surface area contributed by atoms with Crippen molar-refractivity contribution in [2.45, 2.75) is 346 Å². The van der Waals surface area contributed by atoms with Gasteiger partial charge in [-0.2, -0.15) is 0 Å². The molecule has 11 atom stereocenters. The van der Waals surface area contributed by atoms with E-state index < -0.39 is 108 Å². The first kappa shape index (κ1) is 83.1. The molecule has 2 amide bonds. The average molecular weight is 1310 g/mol. The summed E-state index contributed by atoms with van der Waals surface area (Å²) in [7, 11) is -9.37. The second kappa shape index (κ2) is 52.3. The Balaban J connectivity index is 2.45. The average Bonchev–Trinajstić information content (AvgIpc) is 1.50. The van der Waals surface area contributed by atoms with E-state index in [9.17, 15) is 53.0 Å². The molecule has 2 aliphatic rings. The van der Waals surface area contributed by atoms with Gasteiger partial charge in [-0.3, -0.25) is 23.4 Å². The zero-order valence-electron chi connectivity index (χ0n) is 55.5. The van der Waals surface area contributed by atoms with Crippen LogP contribution in [-0.2, 0) is 65.8 Å². The molecule has 0 aromatic rings. The molecule has 21 nitrogen and oxygen atoms in total. The minimum atomic E-state index is -5.41. The van der Waals surface area contributed by atoms with Crippen molar-refractivity contribution in [2.75, 3.05) is 33.5 Å². The number of aliphatic hydroxyl groups is 1. The van der Waals surface area contributed by atoms with Crippen molar-refractivity contribution in [3.63, 3.8) is 0 Å². The number of unbranched alkanes of at least 4 members (excludes halogenated alkanes) is 30. The van der Waals surface area contributed by atoms with Gasteiger partial charge in [-0.15, -0.1) is 0 Å². The number of carbonyl (C=O) groups excluding carboxylic acids is 4. The number of ether oxygens (including phenoxy) is 6. The van der Waals surface area contributed by atoms with Gasteiger partial charge in [0, 0.05) is 39.1 Å². The number of rotatable bonds is 59. The molecule has 0 aliphatic carbocycles. The maximum Gasteiger partial charge on any atom is 0.472 e. The Labute approximate surface area is 535 Å². The number of phosphoric ester groups is 2. The molecule has 0 unspecified atom stereocenters. The summed E-state index contributed by atoms with van der Waals surface area (Å²) in [4.78, 5) is 94.4. The second-order valence-corrected chi connectivity index (χ2v) is 27.3. The van der Waals surface area contributed by atoms with Crippen LogP contribution < -0.4 is 10.6 Å². The molecule has 2 saturated heterocycles. The fourth-order valence-corrected chi connectivity index (χ4v) is 12.7. The van der Waals surface area contributed by atoms with Crippen LogP contribution in [0.25, 0.3) is 0 Å². The Kier molecular flexibility index (Phi) is 48.8. The molecule has 0 radical (unpaired) electrons. The number of ketones is 1. The Hall–Kier alpha value is -2.04. The highest BCUT2D eigenvalue weighted by molar-refractivity contribution is 7.46. The maximum absolute atomic E-state index is 14.1. The van der Waals surface area contributed by atoms with Gasteiger partial charge in [0.15, 0.2) is 12.6 Å². The number of phosphoric acid groups is 2. The highest BCUT2D eigenvalue weighted by atomic mass is 31.2. The van der Waals surface area contributed by atoms with Gasteiger partial charge in [0.25, 0.3) is 0 Å². The summed E-state index contributed by atoms with van der Waals surface area (Å²) in [5.41, 5.74) is 0. The quantitative estimate of drug-likeness (QED) is 0.00978. The van der Waals surface area contributed by atoms with Gasteiger partial charge in [-0.05, 0) is 57.8 Å². The predicted molar refractivity (Wildman–Crippen MR) is 346 cm³/mol. The van der Waals surface area contributed by atoms with Gasteiger partial charge in [-0.1, -0.05) is 220 Å². The number of hydrogen-bond acceptors (Lipinski definition) is 15. The lowest BCUT2D eigenvalue weighted by Gasteiger charge is -2.47. The number of nitrogens with one attached hydrogen (secondary N) is 2. The highest BCUT2D eigenvalue weighted by Gasteiger charge is 2.53. The van der Waals surface area contributed by atoms with Gasteiger partial charge in [0.2, 0.25) is 11.8 Å². The van der Waals surface area contributed by atoms with Crippen LogP contribution in [0.1, 0.15) is 285 Å². The standard InChI is InChI=1S/C66H124N2O19P2/c1-6-10-14-18-21-24-25-26-27-28-29-31-33-37-41-45-57(71)67-60-64(82-48-46-53(50-69)43-39-35-17-13-9-4)62(86-88(74,75)76)56(51-80-5)85-65(60)83-52-55-61(73)63(81-47-42-38-34-23-20-16-12-8-3)59(66(84-55)87-89(77,78)79)68-58(72)49-54(70)44-40-36-32-30-22-19-15-11-7-2/h24-25,50,53,55-56,59-66,73H,6-23,26-49,51-52H2,1-5H3,(H,67,71)(H,68,72)(H2,74,75,76)(H2,77,78,79)/b25-24-/t53-,55-,56-,59-,60-,61-,62-,63-,64-,65-,66-/m1/s1. The number of allylic oxidation sites excluding steroid dienone is 2. The van der Waals surface area contributed by atoms with E-state index in [0.717, 1.165) is 160 Å². The van der Waals surface area contributed by atoms with E-state index in [1.165, 1.54) is 58.5 Å². The van der Waals surface area contributed by atoms with E-state index in [4.69, 9.17) is 37.5 Å². The summed E-state index contributed by atoms with van der Waals surface area (Å²) in [5, 5.41) is 17.8. The van der Waals surface area contributed by atoms with Crippen LogP contribution in [0, 0.1) is 5.92 Å². The van der Waals surface area contributed by atoms with Crippen molar-refractivity contribution in [2.24, 2.45) is 5.92 Å². The third-order valence-corrected chi connectivity index (χ3v) is 17.8. The molecule has 0 bridgehead atoms. The molecule has 2 aliphatic heterocycles. The highest BCUT2D eigenvalue weighted by Crippen LogP contribution is 2.44. The number of hydrogen-bond donors (Lipinski definition) is 7. The second-order valence-electron chi connectivity index (χ2n) is 24.9. The van der Waals surface area contributed by atoms with Gasteiger partial charge in [-0.25, -0.2) is 9.13 Å². The van der Waals surface area contributed by atoms with Crippen molar-refractivity contribution < 1.29 is 90.5 Å². The molecule has 2 rings (SSSR count). The molecule has 522 valence electrons. The molecule has 0 aromatic heterocycles. The first-order chi connectivity index (χ1) is 42.9. The molecular formula is C66H124N2O19P2. The molecule has 2 heterocycles. The first-order valence-corrected chi connectivity index (χ1v) is 38.0.